The summed E-state index contributed by atoms with van der Waals surface area (Å²) in [6.45, 7) is 2.81. The summed E-state index contributed by atoms with van der Waals surface area (Å²) < 4.78 is 11.1. The SMILES string of the molecule is Cc1cccc(OCC2(O)CCN(C(=O)COc3cccnc3)C2)c1. The second-order valence-corrected chi connectivity index (χ2v) is 6.37. The van der Waals surface area contributed by atoms with Crippen LogP contribution in [0.25, 0.3) is 0 Å². The molecule has 2 heterocycles. The molecule has 1 amide bonds. The van der Waals surface area contributed by atoms with Gasteiger partial charge in [0.15, 0.2) is 6.61 Å². The van der Waals surface area contributed by atoms with E-state index in [0.29, 0.717) is 18.7 Å². The molecule has 1 saturated heterocycles. The van der Waals surface area contributed by atoms with Crippen molar-refractivity contribution in [3.05, 3.63) is 54.4 Å². The average Bonchev–Trinajstić information content (AvgIpc) is 3.02. The lowest BCUT2D eigenvalue weighted by atomic mass is 10.1. The third-order valence-corrected chi connectivity index (χ3v) is 4.18. The first-order valence-electron chi connectivity index (χ1n) is 8.27. The van der Waals surface area contributed by atoms with Gasteiger partial charge in [-0.1, -0.05) is 12.1 Å². The Labute approximate surface area is 147 Å². The summed E-state index contributed by atoms with van der Waals surface area (Å²) in [6.07, 6.45) is 3.68. The molecule has 1 aliphatic rings. The van der Waals surface area contributed by atoms with Gasteiger partial charge in [-0.2, -0.15) is 0 Å². The summed E-state index contributed by atoms with van der Waals surface area (Å²) in [5, 5.41) is 10.7. The van der Waals surface area contributed by atoms with Crippen LogP contribution in [0.2, 0.25) is 0 Å². The van der Waals surface area contributed by atoms with Gasteiger partial charge < -0.3 is 19.5 Å². The van der Waals surface area contributed by atoms with Gasteiger partial charge in [-0.15, -0.1) is 0 Å². The predicted molar refractivity (Wildman–Crippen MR) is 92.6 cm³/mol. The number of amides is 1. The first-order valence-corrected chi connectivity index (χ1v) is 8.27. The van der Waals surface area contributed by atoms with Crippen LogP contribution in [0.4, 0.5) is 0 Å². The maximum atomic E-state index is 12.3. The lowest BCUT2D eigenvalue weighted by Crippen LogP contribution is -2.41. The first kappa shape index (κ1) is 17.2. The highest BCUT2D eigenvalue weighted by Crippen LogP contribution is 2.23. The van der Waals surface area contributed by atoms with Crippen molar-refractivity contribution in [2.45, 2.75) is 18.9 Å². The molecule has 1 N–H and O–H groups in total. The molecule has 3 rings (SSSR count). The van der Waals surface area contributed by atoms with Crippen molar-refractivity contribution in [2.24, 2.45) is 0 Å². The molecule has 1 atom stereocenters. The van der Waals surface area contributed by atoms with Crippen LogP contribution in [0, 0.1) is 6.92 Å². The fourth-order valence-electron chi connectivity index (χ4n) is 2.78. The molecule has 0 saturated carbocycles. The quantitative estimate of drug-likeness (QED) is 0.867. The Kier molecular flexibility index (Phi) is 5.19. The topological polar surface area (TPSA) is 71.9 Å². The smallest absolute Gasteiger partial charge is 0.260 e. The van der Waals surface area contributed by atoms with Gasteiger partial charge in [0, 0.05) is 12.7 Å². The zero-order chi connectivity index (χ0) is 17.7. The van der Waals surface area contributed by atoms with Crippen LogP contribution in [0.1, 0.15) is 12.0 Å². The minimum absolute atomic E-state index is 0.0689. The summed E-state index contributed by atoms with van der Waals surface area (Å²) >= 11 is 0. The molecule has 0 radical (unpaired) electrons. The first-order chi connectivity index (χ1) is 12.0. The van der Waals surface area contributed by atoms with Gasteiger partial charge in [-0.3, -0.25) is 9.78 Å². The molecule has 132 valence electrons. The van der Waals surface area contributed by atoms with Crippen LogP contribution >= 0.6 is 0 Å². The van der Waals surface area contributed by atoms with E-state index in [0.717, 1.165) is 11.3 Å². The third kappa shape index (κ3) is 4.70. The van der Waals surface area contributed by atoms with E-state index in [2.05, 4.69) is 4.98 Å². The van der Waals surface area contributed by atoms with Gasteiger partial charge in [0.2, 0.25) is 0 Å². The van der Waals surface area contributed by atoms with Crippen LogP contribution in [0.3, 0.4) is 0 Å². The Morgan fingerprint density at radius 3 is 2.88 bits per heavy atom. The van der Waals surface area contributed by atoms with E-state index in [4.69, 9.17) is 9.47 Å². The van der Waals surface area contributed by atoms with Crippen molar-refractivity contribution < 1.29 is 19.4 Å². The number of benzene rings is 1. The summed E-state index contributed by atoms with van der Waals surface area (Å²) in [4.78, 5) is 17.8. The molecule has 1 aromatic carbocycles. The number of likely N-dealkylation sites (tertiary alicyclic amines) is 1. The van der Waals surface area contributed by atoms with Gasteiger partial charge in [0.1, 0.15) is 23.7 Å². The predicted octanol–water partition coefficient (Wildman–Crippen LogP) is 1.81. The molecule has 2 aromatic rings. The Morgan fingerprint density at radius 2 is 2.12 bits per heavy atom. The fraction of sp³-hybridized carbons (Fsp3) is 0.368. The lowest BCUT2D eigenvalue weighted by Gasteiger charge is -2.23. The minimum atomic E-state index is -1.03. The number of pyridine rings is 1. The van der Waals surface area contributed by atoms with Crippen molar-refractivity contribution in [3.8, 4) is 11.5 Å². The van der Waals surface area contributed by atoms with E-state index in [1.165, 1.54) is 0 Å². The lowest BCUT2D eigenvalue weighted by molar-refractivity contribution is -0.133. The highest BCUT2D eigenvalue weighted by molar-refractivity contribution is 5.78. The molecule has 0 bridgehead atoms. The summed E-state index contributed by atoms with van der Waals surface area (Å²) in [5.41, 5.74) is 0.0634. The Morgan fingerprint density at radius 1 is 1.28 bits per heavy atom. The van der Waals surface area contributed by atoms with Crippen molar-refractivity contribution >= 4 is 5.91 Å². The molecule has 1 aromatic heterocycles. The van der Waals surface area contributed by atoms with Crippen LogP contribution in [0.5, 0.6) is 11.5 Å². The monoisotopic (exact) mass is 342 g/mol. The van der Waals surface area contributed by atoms with E-state index in [1.54, 1.807) is 29.4 Å². The molecule has 1 fully saturated rings. The number of hydrogen-bond acceptors (Lipinski definition) is 5. The second-order valence-electron chi connectivity index (χ2n) is 6.37. The molecular formula is C19H22N2O4. The largest absolute Gasteiger partial charge is 0.491 e. The van der Waals surface area contributed by atoms with E-state index in [1.807, 2.05) is 31.2 Å². The molecule has 1 aliphatic heterocycles. The van der Waals surface area contributed by atoms with Crippen molar-refractivity contribution in [1.29, 1.82) is 0 Å². The number of carbonyl (C=O) groups excluding carboxylic acids is 1. The van der Waals surface area contributed by atoms with Gasteiger partial charge >= 0.3 is 0 Å². The Balaban J connectivity index is 1.49. The molecule has 25 heavy (non-hydrogen) atoms. The third-order valence-electron chi connectivity index (χ3n) is 4.18. The summed E-state index contributed by atoms with van der Waals surface area (Å²) in [5.74, 6) is 1.11. The highest BCUT2D eigenvalue weighted by atomic mass is 16.5. The minimum Gasteiger partial charge on any atom is -0.491 e. The fourth-order valence-corrected chi connectivity index (χ4v) is 2.78. The number of carbonyl (C=O) groups is 1. The Bertz CT molecular complexity index is 722. The average molecular weight is 342 g/mol. The molecule has 0 aliphatic carbocycles. The van der Waals surface area contributed by atoms with Crippen molar-refractivity contribution in [3.63, 3.8) is 0 Å². The van der Waals surface area contributed by atoms with Crippen LogP contribution in [-0.4, -0.2) is 52.8 Å². The molecule has 0 spiro atoms. The zero-order valence-corrected chi connectivity index (χ0v) is 14.2. The normalized spacial score (nSPS) is 19.7. The van der Waals surface area contributed by atoms with E-state index < -0.39 is 5.60 Å². The van der Waals surface area contributed by atoms with Crippen molar-refractivity contribution in [1.82, 2.24) is 9.88 Å². The van der Waals surface area contributed by atoms with E-state index in [-0.39, 0.29) is 25.7 Å². The number of rotatable bonds is 6. The van der Waals surface area contributed by atoms with Gasteiger partial charge in [-0.05, 0) is 43.2 Å². The standard InChI is InChI=1S/C19H22N2O4/c1-15-4-2-5-16(10-15)25-14-19(23)7-9-21(13-19)18(22)12-24-17-6-3-8-20-11-17/h2-6,8,10-11,23H,7,9,12-14H2,1H3. The highest BCUT2D eigenvalue weighted by Gasteiger charge is 2.39. The van der Waals surface area contributed by atoms with E-state index in [9.17, 15) is 9.90 Å². The van der Waals surface area contributed by atoms with Gasteiger partial charge in [0.25, 0.3) is 5.91 Å². The van der Waals surface area contributed by atoms with Crippen LogP contribution < -0.4 is 9.47 Å². The maximum Gasteiger partial charge on any atom is 0.260 e. The van der Waals surface area contributed by atoms with Gasteiger partial charge in [-0.25, -0.2) is 0 Å². The van der Waals surface area contributed by atoms with Crippen LogP contribution in [0.15, 0.2) is 48.8 Å². The number of aryl methyl sites for hydroxylation is 1. The number of aromatic nitrogens is 1. The number of nitrogens with zero attached hydrogens (tertiary/aromatic N) is 2. The molecule has 1 unspecified atom stereocenters. The van der Waals surface area contributed by atoms with Crippen molar-refractivity contribution in [2.75, 3.05) is 26.3 Å². The Hall–Kier alpha value is -2.60. The molecule has 6 nitrogen and oxygen atoms in total. The summed E-state index contributed by atoms with van der Waals surface area (Å²) in [7, 11) is 0. The summed E-state index contributed by atoms with van der Waals surface area (Å²) in [6, 6.07) is 11.2. The molecular weight excluding hydrogens is 320 g/mol. The number of aliphatic hydroxyl groups is 1. The number of ether oxygens (including phenoxy) is 2. The van der Waals surface area contributed by atoms with E-state index >= 15 is 0 Å². The zero-order valence-electron chi connectivity index (χ0n) is 14.2. The molecule has 6 heteroatoms. The maximum absolute atomic E-state index is 12.3. The number of β-amino-alcohol motifs (C(OH)–C–C–N with tert-alkyl or cyclic N) is 1. The second kappa shape index (κ2) is 7.53. The number of hydrogen-bond donors (Lipinski definition) is 1. The van der Waals surface area contributed by atoms with Gasteiger partial charge in [0.05, 0.1) is 12.7 Å². The van der Waals surface area contributed by atoms with Crippen LogP contribution in [-0.2, 0) is 4.79 Å².